The molecule has 1 aliphatic rings. The number of aliphatic hydroxyl groups is 1. The summed E-state index contributed by atoms with van der Waals surface area (Å²) in [5, 5.41) is 30.7. The Balaban J connectivity index is 2.19. The summed E-state index contributed by atoms with van der Waals surface area (Å²) in [5.41, 5.74) is 0.306. The third-order valence-electron chi connectivity index (χ3n) is 4.11. The number of Topliss-reactive ketones (excluding diaryl/α,β-unsaturated/α-hetero) is 1. The number of non-ortho nitro benzene ring substituents is 1. The lowest BCUT2D eigenvalue weighted by Gasteiger charge is -2.26. The van der Waals surface area contributed by atoms with Crippen LogP contribution in [-0.4, -0.2) is 26.8 Å². The number of aliphatic hydroxyl groups excluding tert-OH is 1. The number of aromatic hydroxyl groups is 1. The molecule has 1 aliphatic heterocycles. The van der Waals surface area contributed by atoms with Crippen LogP contribution in [0.1, 0.15) is 18.5 Å². The molecule has 1 heterocycles. The highest BCUT2D eigenvalue weighted by molar-refractivity contribution is 6.16. The van der Waals surface area contributed by atoms with Crippen molar-refractivity contribution in [1.29, 1.82) is 0 Å². The number of hydrogen-bond acceptors (Lipinski definition) is 6. The van der Waals surface area contributed by atoms with Crippen molar-refractivity contribution in [3.8, 4) is 5.75 Å². The molecule has 0 saturated carbocycles. The number of carbonyl (C=O) groups is 2. The maximum absolute atomic E-state index is 12.6. The number of phenols is 1. The molecule has 2 aromatic carbocycles. The first-order valence-corrected chi connectivity index (χ1v) is 7.62. The summed E-state index contributed by atoms with van der Waals surface area (Å²) in [7, 11) is 0. The number of amides is 1. The molecule has 26 heavy (non-hydrogen) atoms. The number of ketones is 1. The number of rotatable bonds is 4. The molecule has 1 amide bonds. The van der Waals surface area contributed by atoms with Crippen LogP contribution in [0.3, 0.4) is 0 Å². The maximum Gasteiger partial charge on any atom is 0.294 e. The Labute approximate surface area is 147 Å². The van der Waals surface area contributed by atoms with Crippen LogP contribution in [0.5, 0.6) is 5.75 Å². The topological polar surface area (TPSA) is 121 Å². The zero-order valence-corrected chi connectivity index (χ0v) is 13.6. The van der Waals surface area contributed by atoms with Gasteiger partial charge in [-0.1, -0.05) is 12.1 Å². The minimum absolute atomic E-state index is 0.0173. The van der Waals surface area contributed by atoms with Crippen LogP contribution in [0.25, 0.3) is 0 Å². The predicted molar refractivity (Wildman–Crippen MR) is 91.8 cm³/mol. The van der Waals surface area contributed by atoms with E-state index in [9.17, 15) is 29.9 Å². The van der Waals surface area contributed by atoms with E-state index in [2.05, 4.69) is 0 Å². The Morgan fingerprint density at radius 2 is 1.81 bits per heavy atom. The molecule has 0 bridgehead atoms. The maximum atomic E-state index is 12.6. The third-order valence-corrected chi connectivity index (χ3v) is 4.11. The Morgan fingerprint density at radius 1 is 1.15 bits per heavy atom. The van der Waals surface area contributed by atoms with Crippen molar-refractivity contribution in [2.45, 2.75) is 13.0 Å². The van der Waals surface area contributed by atoms with Gasteiger partial charge in [-0.2, -0.15) is 0 Å². The molecule has 132 valence electrons. The van der Waals surface area contributed by atoms with Gasteiger partial charge in [-0.05, 0) is 36.8 Å². The Bertz CT molecular complexity index is 948. The molecular weight excluding hydrogens is 340 g/mol. The van der Waals surface area contributed by atoms with Gasteiger partial charge >= 0.3 is 0 Å². The number of nitro benzene ring substituents is 1. The van der Waals surface area contributed by atoms with Gasteiger partial charge in [0.05, 0.1) is 16.5 Å². The third kappa shape index (κ3) is 2.77. The molecule has 0 aliphatic carbocycles. The second-order valence-corrected chi connectivity index (χ2v) is 5.76. The van der Waals surface area contributed by atoms with Crippen LogP contribution < -0.4 is 4.90 Å². The van der Waals surface area contributed by atoms with Crippen molar-refractivity contribution < 1.29 is 24.7 Å². The van der Waals surface area contributed by atoms with E-state index in [-0.39, 0.29) is 17.0 Å². The highest BCUT2D eigenvalue weighted by atomic mass is 16.6. The minimum atomic E-state index is -1.01. The summed E-state index contributed by atoms with van der Waals surface area (Å²) < 4.78 is 0. The van der Waals surface area contributed by atoms with Gasteiger partial charge in [0.25, 0.3) is 11.6 Å². The minimum Gasteiger partial charge on any atom is -0.508 e. The van der Waals surface area contributed by atoms with Crippen molar-refractivity contribution in [1.82, 2.24) is 0 Å². The molecule has 8 nitrogen and oxygen atoms in total. The number of hydrogen-bond donors (Lipinski definition) is 2. The first-order valence-electron chi connectivity index (χ1n) is 7.62. The van der Waals surface area contributed by atoms with Gasteiger partial charge < -0.3 is 10.2 Å². The number of nitro groups is 1. The highest BCUT2D eigenvalue weighted by Gasteiger charge is 2.43. The Morgan fingerprint density at radius 3 is 2.38 bits per heavy atom. The van der Waals surface area contributed by atoms with Crippen LogP contribution in [0.2, 0.25) is 0 Å². The van der Waals surface area contributed by atoms with E-state index >= 15 is 0 Å². The summed E-state index contributed by atoms with van der Waals surface area (Å²) >= 11 is 0. The molecule has 0 saturated heterocycles. The lowest BCUT2D eigenvalue weighted by atomic mass is 9.96. The summed E-state index contributed by atoms with van der Waals surface area (Å²) in [6, 6.07) is 10.1. The molecule has 1 atom stereocenters. The van der Waals surface area contributed by atoms with Gasteiger partial charge in [-0.25, -0.2) is 0 Å². The average molecular weight is 354 g/mol. The van der Waals surface area contributed by atoms with E-state index in [4.69, 9.17) is 0 Å². The number of anilines is 1. The molecule has 0 radical (unpaired) electrons. The van der Waals surface area contributed by atoms with Crippen molar-refractivity contribution in [3.63, 3.8) is 0 Å². The molecular formula is C18H14N2O6. The summed E-state index contributed by atoms with van der Waals surface area (Å²) in [4.78, 5) is 36.3. The van der Waals surface area contributed by atoms with Gasteiger partial charge in [-0.15, -0.1) is 0 Å². The molecule has 1 unspecified atom stereocenters. The molecule has 0 fully saturated rings. The first-order chi connectivity index (χ1) is 12.3. The van der Waals surface area contributed by atoms with Gasteiger partial charge in [0.1, 0.15) is 5.75 Å². The number of carbonyl (C=O) groups excluding carboxylic acids is 2. The predicted octanol–water partition coefficient (Wildman–Crippen LogP) is 2.79. The van der Waals surface area contributed by atoms with E-state index in [1.807, 2.05) is 0 Å². The van der Waals surface area contributed by atoms with Crippen molar-refractivity contribution in [3.05, 3.63) is 75.5 Å². The standard InChI is InChI=1S/C18H14N2O6/c1-10(21)15-16(11-3-2-4-13(9-11)20(25)26)19(18(24)17(15)23)12-5-7-14(22)8-6-12/h2-9,16,22-23H,1H3. The average Bonchev–Trinajstić information content (AvgIpc) is 2.87. The summed E-state index contributed by atoms with van der Waals surface area (Å²) in [5.74, 6) is -2.02. The van der Waals surface area contributed by atoms with Crippen LogP contribution in [0.15, 0.2) is 59.9 Å². The zero-order chi connectivity index (χ0) is 19.0. The zero-order valence-electron chi connectivity index (χ0n) is 13.6. The Hall–Kier alpha value is -3.68. The lowest BCUT2D eigenvalue weighted by Crippen LogP contribution is -2.30. The highest BCUT2D eigenvalue weighted by Crippen LogP contribution is 2.41. The normalized spacial score (nSPS) is 16.9. The lowest BCUT2D eigenvalue weighted by molar-refractivity contribution is -0.384. The summed E-state index contributed by atoms with van der Waals surface area (Å²) in [6.07, 6.45) is 0. The van der Waals surface area contributed by atoms with Gasteiger partial charge in [0.15, 0.2) is 11.5 Å². The van der Waals surface area contributed by atoms with Gasteiger partial charge in [0.2, 0.25) is 0 Å². The second kappa shape index (κ2) is 6.32. The molecule has 0 spiro atoms. The summed E-state index contributed by atoms with van der Waals surface area (Å²) in [6.45, 7) is 1.21. The largest absolute Gasteiger partial charge is 0.508 e. The fraction of sp³-hybridized carbons (Fsp3) is 0.111. The monoisotopic (exact) mass is 354 g/mol. The van der Waals surface area contributed by atoms with Crippen LogP contribution in [0, 0.1) is 10.1 Å². The van der Waals surface area contributed by atoms with Crippen molar-refractivity contribution in [2.24, 2.45) is 0 Å². The molecule has 8 heteroatoms. The quantitative estimate of drug-likeness (QED) is 0.643. The fourth-order valence-electron chi connectivity index (χ4n) is 2.97. The molecule has 0 aromatic heterocycles. The van der Waals surface area contributed by atoms with Crippen LogP contribution in [0.4, 0.5) is 11.4 Å². The smallest absolute Gasteiger partial charge is 0.294 e. The van der Waals surface area contributed by atoms with Crippen LogP contribution >= 0.6 is 0 Å². The SMILES string of the molecule is CC(=O)C1=C(O)C(=O)N(c2ccc(O)cc2)C1c1cccc([N+](=O)[O-])c1. The number of benzene rings is 2. The molecule has 2 aromatic rings. The van der Waals surface area contributed by atoms with Crippen molar-refractivity contribution in [2.75, 3.05) is 4.90 Å². The first kappa shape index (κ1) is 17.2. The van der Waals surface area contributed by atoms with Crippen molar-refractivity contribution >= 4 is 23.1 Å². The molecule has 3 rings (SSSR count). The van der Waals surface area contributed by atoms with E-state index in [1.54, 1.807) is 6.07 Å². The van der Waals surface area contributed by atoms with Gasteiger partial charge in [-0.3, -0.25) is 24.6 Å². The van der Waals surface area contributed by atoms with Gasteiger partial charge in [0, 0.05) is 17.8 Å². The van der Waals surface area contributed by atoms with Crippen LogP contribution in [-0.2, 0) is 9.59 Å². The molecule has 2 N–H and O–H groups in total. The second-order valence-electron chi connectivity index (χ2n) is 5.76. The number of phenolic OH excluding ortho intramolecular Hbond substituents is 1. The number of nitrogens with zero attached hydrogens (tertiary/aromatic N) is 2. The van der Waals surface area contributed by atoms with E-state index in [0.717, 1.165) is 0 Å². The van der Waals surface area contributed by atoms with E-state index < -0.39 is 28.4 Å². The van der Waals surface area contributed by atoms with E-state index in [0.29, 0.717) is 11.3 Å². The van der Waals surface area contributed by atoms with E-state index in [1.165, 1.54) is 54.3 Å². The Kier molecular flexibility index (Phi) is 4.17. The fourth-order valence-corrected chi connectivity index (χ4v) is 2.97.